The Kier molecular flexibility index (Phi) is 2.89. The van der Waals surface area contributed by atoms with Gasteiger partial charge in [-0.15, -0.1) is 0 Å². The van der Waals surface area contributed by atoms with E-state index in [9.17, 15) is 4.79 Å². The summed E-state index contributed by atoms with van der Waals surface area (Å²) < 4.78 is 10.6. The molecule has 1 aliphatic heterocycles. The SMILES string of the molecule is O=c1[nH]c2ccccc2nc1C=Cc1ccc2c(c1)OCO2. The fourth-order valence-corrected chi connectivity index (χ4v) is 2.35. The summed E-state index contributed by atoms with van der Waals surface area (Å²) in [4.78, 5) is 19.2. The standard InChI is InChI=1S/C17H12N2O3/c20-17-14(18-12-3-1-2-4-13(12)19-17)7-5-11-6-8-15-16(9-11)22-10-21-15/h1-9H,10H2,(H,19,20). The number of benzene rings is 2. The molecular weight excluding hydrogens is 280 g/mol. The van der Waals surface area contributed by atoms with Crippen molar-refractivity contribution in [3.05, 3.63) is 64.1 Å². The fraction of sp³-hybridized carbons (Fsp3) is 0.0588. The van der Waals surface area contributed by atoms with E-state index < -0.39 is 0 Å². The minimum Gasteiger partial charge on any atom is -0.454 e. The average Bonchev–Trinajstić information content (AvgIpc) is 3.00. The molecule has 4 rings (SSSR count). The minimum atomic E-state index is -0.212. The number of H-pyrrole nitrogens is 1. The van der Waals surface area contributed by atoms with E-state index in [1.54, 1.807) is 6.08 Å². The second kappa shape index (κ2) is 5.04. The quantitative estimate of drug-likeness (QED) is 0.789. The topological polar surface area (TPSA) is 64.2 Å². The van der Waals surface area contributed by atoms with Crippen molar-refractivity contribution in [3.63, 3.8) is 0 Å². The van der Waals surface area contributed by atoms with Gasteiger partial charge in [0.15, 0.2) is 11.5 Å². The summed E-state index contributed by atoms with van der Waals surface area (Å²) in [5.41, 5.74) is 2.56. The van der Waals surface area contributed by atoms with Gasteiger partial charge < -0.3 is 14.5 Å². The maximum atomic E-state index is 12.0. The van der Waals surface area contributed by atoms with E-state index in [0.717, 1.165) is 22.3 Å². The van der Waals surface area contributed by atoms with Crippen LogP contribution in [0.25, 0.3) is 23.2 Å². The largest absolute Gasteiger partial charge is 0.454 e. The second-order valence-electron chi connectivity index (χ2n) is 4.91. The monoisotopic (exact) mass is 292 g/mol. The van der Waals surface area contributed by atoms with E-state index in [1.807, 2.05) is 48.5 Å². The third-order valence-corrected chi connectivity index (χ3v) is 3.46. The summed E-state index contributed by atoms with van der Waals surface area (Å²) in [7, 11) is 0. The highest BCUT2D eigenvalue weighted by Crippen LogP contribution is 2.32. The molecule has 2 aromatic carbocycles. The van der Waals surface area contributed by atoms with Crippen molar-refractivity contribution >= 4 is 23.2 Å². The zero-order valence-electron chi connectivity index (χ0n) is 11.6. The number of hydrogen-bond acceptors (Lipinski definition) is 4. The highest BCUT2D eigenvalue weighted by Gasteiger charge is 2.12. The van der Waals surface area contributed by atoms with Gasteiger partial charge in [0.05, 0.1) is 11.0 Å². The maximum Gasteiger partial charge on any atom is 0.274 e. The maximum absolute atomic E-state index is 12.0. The smallest absolute Gasteiger partial charge is 0.274 e. The second-order valence-corrected chi connectivity index (χ2v) is 4.91. The zero-order valence-corrected chi connectivity index (χ0v) is 11.6. The van der Waals surface area contributed by atoms with Crippen LogP contribution in [0.3, 0.4) is 0 Å². The molecule has 1 aromatic heterocycles. The van der Waals surface area contributed by atoms with Gasteiger partial charge in [-0.25, -0.2) is 4.98 Å². The van der Waals surface area contributed by atoms with Crippen LogP contribution in [0.5, 0.6) is 11.5 Å². The van der Waals surface area contributed by atoms with Crippen LogP contribution >= 0.6 is 0 Å². The molecule has 2 heterocycles. The van der Waals surface area contributed by atoms with Crippen molar-refractivity contribution in [1.29, 1.82) is 0 Å². The molecule has 0 saturated carbocycles. The summed E-state index contributed by atoms with van der Waals surface area (Å²) in [5, 5.41) is 0. The lowest BCUT2D eigenvalue weighted by molar-refractivity contribution is 0.174. The van der Waals surface area contributed by atoms with Crippen molar-refractivity contribution in [2.45, 2.75) is 0 Å². The summed E-state index contributed by atoms with van der Waals surface area (Å²) >= 11 is 0. The predicted octanol–water partition coefficient (Wildman–Crippen LogP) is 2.82. The van der Waals surface area contributed by atoms with Gasteiger partial charge in [-0.05, 0) is 35.9 Å². The molecule has 1 aliphatic rings. The molecule has 0 unspecified atom stereocenters. The molecule has 22 heavy (non-hydrogen) atoms. The van der Waals surface area contributed by atoms with Crippen molar-refractivity contribution in [3.8, 4) is 11.5 Å². The number of para-hydroxylation sites is 2. The van der Waals surface area contributed by atoms with E-state index in [2.05, 4.69) is 9.97 Å². The molecule has 0 amide bonds. The Morgan fingerprint density at radius 1 is 1.05 bits per heavy atom. The lowest BCUT2D eigenvalue weighted by Crippen LogP contribution is -2.11. The number of nitrogens with zero attached hydrogens (tertiary/aromatic N) is 1. The molecule has 0 spiro atoms. The minimum absolute atomic E-state index is 0.212. The first-order valence-corrected chi connectivity index (χ1v) is 6.86. The van der Waals surface area contributed by atoms with Crippen LogP contribution in [-0.2, 0) is 0 Å². The third kappa shape index (κ3) is 2.22. The van der Waals surface area contributed by atoms with E-state index >= 15 is 0 Å². The number of rotatable bonds is 2. The molecule has 5 heteroatoms. The highest BCUT2D eigenvalue weighted by molar-refractivity contribution is 5.76. The van der Waals surface area contributed by atoms with E-state index in [0.29, 0.717) is 11.4 Å². The normalized spacial score (nSPS) is 13.1. The van der Waals surface area contributed by atoms with E-state index in [1.165, 1.54) is 0 Å². The number of aromatic amines is 1. The first-order chi connectivity index (χ1) is 10.8. The van der Waals surface area contributed by atoms with Crippen molar-refractivity contribution in [2.24, 2.45) is 0 Å². The molecule has 1 N–H and O–H groups in total. The van der Waals surface area contributed by atoms with Gasteiger partial charge in [-0.3, -0.25) is 4.79 Å². The van der Waals surface area contributed by atoms with Gasteiger partial charge in [-0.1, -0.05) is 24.3 Å². The van der Waals surface area contributed by atoms with Gasteiger partial charge >= 0.3 is 0 Å². The molecular formula is C17H12N2O3. The van der Waals surface area contributed by atoms with Crippen LogP contribution in [0, 0.1) is 0 Å². The van der Waals surface area contributed by atoms with Gasteiger partial charge in [0.1, 0.15) is 5.69 Å². The molecule has 0 aliphatic carbocycles. The molecule has 5 nitrogen and oxygen atoms in total. The van der Waals surface area contributed by atoms with Crippen LogP contribution in [0.4, 0.5) is 0 Å². The molecule has 0 fully saturated rings. The Labute approximate surface area is 125 Å². The van der Waals surface area contributed by atoms with Gasteiger partial charge in [0, 0.05) is 0 Å². The zero-order chi connectivity index (χ0) is 14.9. The van der Waals surface area contributed by atoms with Crippen LogP contribution in [-0.4, -0.2) is 16.8 Å². The van der Waals surface area contributed by atoms with Crippen LogP contribution in [0.1, 0.15) is 11.3 Å². The lowest BCUT2D eigenvalue weighted by Gasteiger charge is -1.99. The van der Waals surface area contributed by atoms with Gasteiger partial charge in [0.2, 0.25) is 6.79 Å². The summed E-state index contributed by atoms with van der Waals surface area (Å²) in [6.07, 6.45) is 3.52. The average molecular weight is 292 g/mol. The van der Waals surface area contributed by atoms with Crippen molar-refractivity contribution in [1.82, 2.24) is 9.97 Å². The van der Waals surface area contributed by atoms with Gasteiger partial charge in [-0.2, -0.15) is 0 Å². The predicted molar refractivity (Wildman–Crippen MR) is 83.9 cm³/mol. The van der Waals surface area contributed by atoms with Crippen LogP contribution in [0.15, 0.2) is 47.3 Å². The first-order valence-electron chi connectivity index (χ1n) is 6.86. The molecule has 108 valence electrons. The van der Waals surface area contributed by atoms with Crippen LogP contribution in [0.2, 0.25) is 0 Å². The Morgan fingerprint density at radius 2 is 1.91 bits per heavy atom. The Hall–Kier alpha value is -3.08. The molecule has 0 atom stereocenters. The van der Waals surface area contributed by atoms with Crippen molar-refractivity contribution < 1.29 is 9.47 Å². The summed E-state index contributed by atoms with van der Waals surface area (Å²) in [6.45, 7) is 0.244. The fourth-order valence-electron chi connectivity index (χ4n) is 2.35. The molecule has 0 bridgehead atoms. The van der Waals surface area contributed by atoms with Crippen LogP contribution < -0.4 is 15.0 Å². The Bertz CT molecular complexity index is 944. The summed E-state index contributed by atoms with van der Waals surface area (Å²) in [6, 6.07) is 13.1. The Balaban J connectivity index is 1.71. The Morgan fingerprint density at radius 3 is 2.86 bits per heavy atom. The van der Waals surface area contributed by atoms with Crippen molar-refractivity contribution in [2.75, 3.05) is 6.79 Å². The number of aromatic nitrogens is 2. The third-order valence-electron chi connectivity index (χ3n) is 3.46. The van der Waals surface area contributed by atoms with E-state index in [-0.39, 0.29) is 12.4 Å². The molecule has 0 saturated heterocycles. The number of fused-ring (bicyclic) bond motifs is 2. The molecule has 3 aromatic rings. The highest BCUT2D eigenvalue weighted by atomic mass is 16.7. The van der Waals surface area contributed by atoms with Gasteiger partial charge in [0.25, 0.3) is 5.56 Å². The number of nitrogens with one attached hydrogen (secondary N) is 1. The van der Waals surface area contributed by atoms with E-state index in [4.69, 9.17) is 9.47 Å². The summed E-state index contributed by atoms with van der Waals surface area (Å²) in [5.74, 6) is 1.45. The lowest BCUT2D eigenvalue weighted by atomic mass is 10.2. The first kappa shape index (κ1) is 12.6. The number of ether oxygens (including phenoxy) is 2. The molecule has 0 radical (unpaired) electrons. The number of hydrogen-bond donors (Lipinski definition) is 1.